The third-order valence-corrected chi connectivity index (χ3v) is 4.43. The lowest BCUT2D eigenvalue weighted by molar-refractivity contribution is -0.142. The molecular weight excluding hydrogens is 302 g/mol. The van der Waals surface area contributed by atoms with Gasteiger partial charge in [-0.15, -0.1) is 0 Å². The first-order chi connectivity index (χ1) is 9.36. The van der Waals surface area contributed by atoms with E-state index < -0.39 is 22.5 Å². The van der Waals surface area contributed by atoms with Crippen molar-refractivity contribution < 1.29 is 17.9 Å². The van der Waals surface area contributed by atoms with Crippen molar-refractivity contribution in [2.75, 3.05) is 13.2 Å². The van der Waals surface area contributed by atoms with Crippen molar-refractivity contribution in [2.45, 2.75) is 31.6 Å². The van der Waals surface area contributed by atoms with Crippen LogP contribution in [0.25, 0.3) is 0 Å². The molecule has 7 heteroatoms. The molecule has 0 saturated heterocycles. The normalized spacial score (nSPS) is 11.3. The Labute approximate surface area is 124 Å². The molecule has 0 heterocycles. The Morgan fingerprint density at radius 3 is 2.70 bits per heavy atom. The second-order valence-corrected chi connectivity index (χ2v) is 6.48. The van der Waals surface area contributed by atoms with Crippen LogP contribution in [-0.4, -0.2) is 27.5 Å². The number of hydrogen-bond donors (Lipinski definition) is 1. The second kappa shape index (κ2) is 7.61. The van der Waals surface area contributed by atoms with Crippen LogP contribution < -0.4 is 4.72 Å². The van der Waals surface area contributed by atoms with Gasteiger partial charge in [-0.2, -0.15) is 4.72 Å². The monoisotopic (exact) mass is 319 g/mol. The van der Waals surface area contributed by atoms with E-state index >= 15 is 0 Å². The van der Waals surface area contributed by atoms with Gasteiger partial charge in [0.1, 0.15) is 6.54 Å². The molecule has 0 amide bonds. The molecule has 0 unspecified atom stereocenters. The summed E-state index contributed by atoms with van der Waals surface area (Å²) in [5.74, 6) is -0.597. The van der Waals surface area contributed by atoms with Gasteiger partial charge in [-0.3, -0.25) is 4.79 Å². The Kier molecular flexibility index (Phi) is 6.45. The first-order valence-corrected chi connectivity index (χ1v) is 8.14. The van der Waals surface area contributed by atoms with Gasteiger partial charge in [-0.25, -0.2) is 8.42 Å². The Balaban J connectivity index is 2.61. The zero-order chi connectivity index (χ0) is 15.2. The second-order valence-electron chi connectivity index (χ2n) is 4.31. The SMILES string of the molecule is CCCCOC(=O)CNS(=O)(=O)c1ccc(C)c(Cl)c1. The van der Waals surface area contributed by atoms with Crippen LogP contribution in [0.5, 0.6) is 0 Å². The summed E-state index contributed by atoms with van der Waals surface area (Å²) in [5, 5.41) is 0.360. The maximum Gasteiger partial charge on any atom is 0.321 e. The summed E-state index contributed by atoms with van der Waals surface area (Å²) < 4.78 is 31.0. The largest absolute Gasteiger partial charge is 0.465 e. The van der Waals surface area contributed by atoms with Crippen LogP contribution in [-0.2, 0) is 19.6 Å². The van der Waals surface area contributed by atoms with Crippen molar-refractivity contribution in [1.29, 1.82) is 0 Å². The average Bonchev–Trinajstić information content (AvgIpc) is 2.40. The molecule has 0 aromatic heterocycles. The van der Waals surface area contributed by atoms with E-state index in [2.05, 4.69) is 4.72 Å². The highest BCUT2D eigenvalue weighted by Gasteiger charge is 2.16. The minimum absolute atomic E-state index is 0.0226. The molecule has 5 nitrogen and oxygen atoms in total. The molecule has 0 saturated carbocycles. The Bertz CT molecular complexity index is 572. The van der Waals surface area contributed by atoms with E-state index in [1.54, 1.807) is 13.0 Å². The van der Waals surface area contributed by atoms with Gasteiger partial charge < -0.3 is 4.74 Å². The van der Waals surface area contributed by atoms with Gasteiger partial charge in [-0.05, 0) is 31.0 Å². The van der Waals surface area contributed by atoms with Crippen LogP contribution in [0.1, 0.15) is 25.3 Å². The number of unbranched alkanes of at least 4 members (excludes halogenated alkanes) is 1. The Hall–Kier alpha value is -1.11. The number of carbonyl (C=O) groups is 1. The van der Waals surface area contributed by atoms with E-state index in [1.807, 2.05) is 6.92 Å². The summed E-state index contributed by atoms with van der Waals surface area (Å²) in [6.07, 6.45) is 1.66. The lowest BCUT2D eigenvalue weighted by Gasteiger charge is -2.08. The number of sulfonamides is 1. The average molecular weight is 320 g/mol. The minimum Gasteiger partial charge on any atom is -0.465 e. The van der Waals surface area contributed by atoms with Crippen molar-refractivity contribution in [3.63, 3.8) is 0 Å². The van der Waals surface area contributed by atoms with Gasteiger partial charge >= 0.3 is 5.97 Å². The lowest BCUT2D eigenvalue weighted by Crippen LogP contribution is -2.30. The summed E-state index contributed by atoms with van der Waals surface area (Å²) in [7, 11) is -3.76. The van der Waals surface area contributed by atoms with Crippen LogP contribution in [0.2, 0.25) is 5.02 Å². The maximum absolute atomic E-state index is 12.0. The fourth-order valence-corrected chi connectivity index (χ4v) is 2.60. The molecule has 0 radical (unpaired) electrons. The predicted octanol–water partition coefficient (Wildman–Crippen LogP) is 2.27. The first kappa shape index (κ1) is 16.9. The van der Waals surface area contributed by atoms with E-state index in [9.17, 15) is 13.2 Å². The van der Waals surface area contributed by atoms with E-state index in [4.69, 9.17) is 16.3 Å². The van der Waals surface area contributed by atoms with Crippen LogP contribution >= 0.6 is 11.6 Å². The minimum atomic E-state index is -3.76. The number of aryl methyl sites for hydroxylation is 1. The standard InChI is InChI=1S/C13H18ClNO4S/c1-3-4-7-19-13(16)9-15-20(17,18)11-6-5-10(2)12(14)8-11/h5-6,8,15H,3-4,7,9H2,1-2H3. The number of carbonyl (C=O) groups excluding carboxylic acids is 1. The van der Waals surface area contributed by atoms with E-state index in [0.29, 0.717) is 11.6 Å². The van der Waals surface area contributed by atoms with Gasteiger partial charge in [-0.1, -0.05) is 31.0 Å². The quantitative estimate of drug-likeness (QED) is 0.618. The van der Waals surface area contributed by atoms with Gasteiger partial charge in [0, 0.05) is 5.02 Å². The highest BCUT2D eigenvalue weighted by molar-refractivity contribution is 7.89. The third kappa shape index (κ3) is 5.11. The van der Waals surface area contributed by atoms with Crippen LogP contribution in [0.3, 0.4) is 0 Å². The smallest absolute Gasteiger partial charge is 0.321 e. The lowest BCUT2D eigenvalue weighted by atomic mass is 10.2. The fourth-order valence-electron chi connectivity index (χ4n) is 1.36. The highest BCUT2D eigenvalue weighted by Crippen LogP contribution is 2.19. The maximum atomic E-state index is 12.0. The molecule has 1 aromatic carbocycles. The van der Waals surface area contributed by atoms with Crippen LogP contribution in [0, 0.1) is 6.92 Å². The zero-order valence-corrected chi connectivity index (χ0v) is 13.1. The molecule has 0 aliphatic heterocycles. The summed E-state index contributed by atoms with van der Waals surface area (Å²) in [6.45, 7) is 3.65. The predicted molar refractivity (Wildman–Crippen MR) is 77.2 cm³/mol. The molecule has 20 heavy (non-hydrogen) atoms. The highest BCUT2D eigenvalue weighted by atomic mass is 35.5. The van der Waals surface area contributed by atoms with Crippen molar-refractivity contribution in [2.24, 2.45) is 0 Å². The van der Waals surface area contributed by atoms with E-state index in [-0.39, 0.29) is 4.90 Å². The summed E-state index contributed by atoms with van der Waals surface area (Å²) in [6, 6.07) is 4.39. The van der Waals surface area contributed by atoms with E-state index in [0.717, 1.165) is 18.4 Å². The molecule has 0 aliphatic carbocycles. The molecule has 0 bridgehead atoms. The number of esters is 1. The summed E-state index contributed by atoms with van der Waals surface area (Å²) in [5.41, 5.74) is 0.782. The number of hydrogen-bond acceptors (Lipinski definition) is 4. The number of nitrogens with one attached hydrogen (secondary N) is 1. The Morgan fingerprint density at radius 1 is 1.40 bits per heavy atom. The molecule has 0 spiro atoms. The summed E-state index contributed by atoms with van der Waals surface area (Å²) in [4.78, 5) is 11.4. The number of ether oxygens (including phenoxy) is 1. The van der Waals surface area contributed by atoms with Gasteiger partial charge in [0.05, 0.1) is 11.5 Å². The molecule has 0 atom stereocenters. The van der Waals surface area contributed by atoms with Crippen molar-refractivity contribution in [3.05, 3.63) is 28.8 Å². The zero-order valence-electron chi connectivity index (χ0n) is 11.5. The summed E-state index contributed by atoms with van der Waals surface area (Å²) >= 11 is 5.88. The van der Waals surface area contributed by atoms with Crippen molar-refractivity contribution in [3.8, 4) is 0 Å². The molecule has 0 aliphatic rings. The molecule has 1 rings (SSSR count). The molecule has 1 N–H and O–H groups in total. The number of benzene rings is 1. The molecule has 0 fully saturated rings. The van der Waals surface area contributed by atoms with Gasteiger partial charge in [0.2, 0.25) is 10.0 Å². The van der Waals surface area contributed by atoms with E-state index in [1.165, 1.54) is 12.1 Å². The Morgan fingerprint density at radius 2 is 2.10 bits per heavy atom. The molecule has 1 aromatic rings. The molecular formula is C13H18ClNO4S. The van der Waals surface area contributed by atoms with Crippen molar-refractivity contribution in [1.82, 2.24) is 4.72 Å². The third-order valence-electron chi connectivity index (χ3n) is 2.62. The number of rotatable bonds is 7. The first-order valence-electron chi connectivity index (χ1n) is 6.28. The van der Waals surface area contributed by atoms with Crippen LogP contribution in [0.4, 0.5) is 0 Å². The van der Waals surface area contributed by atoms with Crippen molar-refractivity contribution >= 4 is 27.6 Å². The topological polar surface area (TPSA) is 72.5 Å². The fraction of sp³-hybridized carbons (Fsp3) is 0.462. The van der Waals surface area contributed by atoms with Crippen LogP contribution in [0.15, 0.2) is 23.1 Å². The number of halogens is 1. The molecule has 112 valence electrons. The van der Waals surface area contributed by atoms with Gasteiger partial charge in [0.25, 0.3) is 0 Å². The van der Waals surface area contributed by atoms with Gasteiger partial charge in [0.15, 0.2) is 0 Å².